The molecule has 0 unspecified atom stereocenters. The first-order valence-electron chi connectivity index (χ1n) is 7.95. The Morgan fingerprint density at radius 1 is 1.15 bits per heavy atom. The van der Waals surface area contributed by atoms with Gasteiger partial charge in [0.05, 0.1) is 11.9 Å². The highest BCUT2D eigenvalue weighted by Gasteiger charge is 2.28. The Morgan fingerprint density at radius 3 is 2.27 bits per heavy atom. The van der Waals surface area contributed by atoms with Gasteiger partial charge in [-0.15, -0.1) is 0 Å². The zero-order valence-corrected chi connectivity index (χ0v) is 16.0. The molecule has 0 aliphatic heterocycles. The van der Waals surface area contributed by atoms with Gasteiger partial charge in [-0.3, -0.25) is 9.10 Å². The Labute approximate surface area is 157 Å². The van der Waals surface area contributed by atoms with Gasteiger partial charge in [-0.25, -0.2) is 12.8 Å². The molecule has 0 radical (unpaired) electrons. The van der Waals surface area contributed by atoms with E-state index >= 15 is 0 Å². The summed E-state index contributed by atoms with van der Waals surface area (Å²) in [6, 6.07) is 11.3. The molecule has 1 amide bonds. The van der Waals surface area contributed by atoms with Crippen molar-refractivity contribution in [1.82, 2.24) is 5.32 Å². The van der Waals surface area contributed by atoms with Crippen molar-refractivity contribution in [2.24, 2.45) is 0 Å². The van der Waals surface area contributed by atoms with Crippen LogP contribution in [0.5, 0.6) is 0 Å². The van der Waals surface area contributed by atoms with Crippen molar-refractivity contribution in [2.75, 3.05) is 17.1 Å². The fourth-order valence-electron chi connectivity index (χ4n) is 2.53. The molecular weight excluding hydrogens is 379 g/mol. The zero-order valence-electron chi connectivity index (χ0n) is 14.4. The summed E-state index contributed by atoms with van der Waals surface area (Å²) in [5.41, 5.74) is 1.23. The van der Waals surface area contributed by atoms with E-state index in [1.54, 1.807) is 36.4 Å². The molecule has 2 aromatic carbocycles. The predicted molar refractivity (Wildman–Crippen MR) is 101 cm³/mol. The van der Waals surface area contributed by atoms with Crippen molar-refractivity contribution in [1.29, 1.82) is 0 Å². The van der Waals surface area contributed by atoms with Crippen LogP contribution in [0.25, 0.3) is 0 Å². The second kappa shape index (κ2) is 8.51. The molecule has 0 saturated carbocycles. The van der Waals surface area contributed by atoms with E-state index < -0.39 is 22.0 Å². The number of benzene rings is 2. The van der Waals surface area contributed by atoms with Crippen LogP contribution in [0.2, 0.25) is 5.02 Å². The number of sulfonamides is 1. The summed E-state index contributed by atoms with van der Waals surface area (Å²) in [7, 11) is -3.67. The molecule has 0 spiro atoms. The minimum Gasteiger partial charge on any atom is -0.354 e. The fraction of sp³-hybridized carbons (Fsp3) is 0.278. The highest BCUT2D eigenvalue weighted by Crippen LogP contribution is 2.23. The van der Waals surface area contributed by atoms with Crippen LogP contribution in [0.15, 0.2) is 48.5 Å². The molecule has 5 nitrogen and oxygen atoms in total. The summed E-state index contributed by atoms with van der Waals surface area (Å²) < 4.78 is 38.3. The van der Waals surface area contributed by atoms with Gasteiger partial charge in [0.1, 0.15) is 11.9 Å². The largest absolute Gasteiger partial charge is 0.354 e. The first kappa shape index (κ1) is 20.2. The molecule has 0 heterocycles. The molecule has 1 N–H and O–H groups in total. The molecule has 0 aliphatic rings. The second-order valence-electron chi connectivity index (χ2n) is 5.88. The number of carbonyl (C=O) groups excluding carboxylic acids is 1. The molecule has 0 fully saturated rings. The van der Waals surface area contributed by atoms with E-state index in [0.717, 1.165) is 16.1 Å². The van der Waals surface area contributed by atoms with Crippen molar-refractivity contribution < 1.29 is 17.6 Å². The molecule has 1 atom stereocenters. The van der Waals surface area contributed by atoms with E-state index in [1.165, 1.54) is 19.1 Å². The van der Waals surface area contributed by atoms with Crippen LogP contribution < -0.4 is 9.62 Å². The third-order valence-electron chi connectivity index (χ3n) is 3.80. The number of hydrogen-bond acceptors (Lipinski definition) is 3. The van der Waals surface area contributed by atoms with Gasteiger partial charge in [-0.2, -0.15) is 0 Å². The average Bonchev–Trinajstić information content (AvgIpc) is 2.57. The SMILES string of the molecule is C[C@H](C(=O)NCCc1ccc(F)cc1)N(c1ccc(Cl)cc1)S(C)(=O)=O. The van der Waals surface area contributed by atoms with Crippen LogP contribution in [0.4, 0.5) is 10.1 Å². The molecule has 2 rings (SSSR count). The molecule has 0 bridgehead atoms. The number of anilines is 1. The smallest absolute Gasteiger partial charge is 0.243 e. The number of halogens is 2. The van der Waals surface area contributed by atoms with Gasteiger partial charge in [0.15, 0.2) is 0 Å². The van der Waals surface area contributed by atoms with Crippen LogP contribution in [0.3, 0.4) is 0 Å². The van der Waals surface area contributed by atoms with Gasteiger partial charge in [0.2, 0.25) is 15.9 Å². The molecule has 140 valence electrons. The first-order chi connectivity index (χ1) is 12.2. The van der Waals surface area contributed by atoms with E-state index in [4.69, 9.17) is 11.6 Å². The minimum atomic E-state index is -3.67. The van der Waals surface area contributed by atoms with Crippen LogP contribution in [0.1, 0.15) is 12.5 Å². The van der Waals surface area contributed by atoms with Gasteiger partial charge in [0, 0.05) is 11.6 Å². The maximum atomic E-state index is 12.9. The average molecular weight is 399 g/mol. The molecule has 8 heteroatoms. The Bertz CT molecular complexity index is 855. The molecule has 0 saturated heterocycles. The van der Waals surface area contributed by atoms with E-state index in [-0.39, 0.29) is 5.82 Å². The summed E-state index contributed by atoms with van der Waals surface area (Å²) in [5.74, 6) is -0.745. The predicted octanol–water partition coefficient (Wildman–Crippen LogP) is 2.99. The van der Waals surface area contributed by atoms with Gasteiger partial charge in [-0.1, -0.05) is 23.7 Å². The lowest BCUT2D eigenvalue weighted by Gasteiger charge is -2.28. The lowest BCUT2D eigenvalue weighted by atomic mass is 10.1. The third-order valence-corrected chi connectivity index (χ3v) is 5.29. The van der Waals surface area contributed by atoms with Crippen molar-refractivity contribution in [3.63, 3.8) is 0 Å². The monoisotopic (exact) mass is 398 g/mol. The molecule has 0 aromatic heterocycles. The number of hydrogen-bond donors (Lipinski definition) is 1. The molecule has 26 heavy (non-hydrogen) atoms. The maximum absolute atomic E-state index is 12.9. The highest BCUT2D eigenvalue weighted by atomic mass is 35.5. The number of rotatable bonds is 7. The van der Waals surface area contributed by atoms with Gasteiger partial charge < -0.3 is 5.32 Å². The lowest BCUT2D eigenvalue weighted by Crippen LogP contribution is -2.48. The Balaban J connectivity index is 2.05. The summed E-state index contributed by atoms with van der Waals surface area (Å²) in [6.07, 6.45) is 1.56. The van der Waals surface area contributed by atoms with E-state index in [2.05, 4.69) is 5.32 Å². The Kier molecular flexibility index (Phi) is 6.61. The van der Waals surface area contributed by atoms with Crippen LogP contribution >= 0.6 is 11.6 Å². The summed E-state index contributed by atoms with van der Waals surface area (Å²) >= 11 is 5.84. The van der Waals surface area contributed by atoms with Crippen molar-refractivity contribution in [2.45, 2.75) is 19.4 Å². The third kappa shape index (κ3) is 5.44. The maximum Gasteiger partial charge on any atom is 0.243 e. The molecule has 2 aromatic rings. The number of carbonyl (C=O) groups is 1. The molecular formula is C18H20ClFN2O3S. The second-order valence-corrected chi connectivity index (χ2v) is 8.17. The van der Waals surface area contributed by atoms with Gasteiger partial charge in [-0.05, 0) is 55.3 Å². The number of nitrogens with one attached hydrogen (secondary N) is 1. The Morgan fingerprint density at radius 2 is 1.73 bits per heavy atom. The summed E-state index contributed by atoms with van der Waals surface area (Å²) in [4.78, 5) is 12.4. The van der Waals surface area contributed by atoms with Crippen LogP contribution in [-0.4, -0.2) is 33.2 Å². The van der Waals surface area contributed by atoms with Crippen LogP contribution in [-0.2, 0) is 21.2 Å². The van der Waals surface area contributed by atoms with Crippen molar-refractivity contribution in [3.05, 3.63) is 64.9 Å². The van der Waals surface area contributed by atoms with E-state index in [9.17, 15) is 17.6 Å². The normalized spacial score (nSPS) is 12.5. The lowest BCUT2D eigenvalue weighted by molar-refractivity contribution is -0.121. The van der Waals surface area contributed by atoms with E-state index in [1.807, 2.05) is 0 Å². The van der Waals surface area contributed by atoms with Crippen LogP contribution in [0, 0.1) is 5.82 Å². The Hall–Kier alpha value is -2.12. The van der Waals surface area contributed by atoms with Gasteiger partial charge >= 0.3 is 0 Å². The van der Waals surface area contributed by atoms with Gasteiger partial charge in [0.25, 0.3) is 0 Å². The summed E-state index contributed by atoms with van der Waals surface area (Å²) in [5, 5.41) is 3.19. The number of nitrogens with zero attached hydrogens (tertiary/aromatic N) is 1. The quantitative estimate of drug-likeness (QED) is 0.779. The van der Waals surface area contributed by atoms with Crippen molar-refractivity contribution in [3.8, 4) is 0 Å². The number of amides is 1. The topological polar surface area (TPSA) is 66.5 Å². The minimum absolute atomic E-state index is 0.313. The standard InChI is InChI=1S/C18H20ClFN2O3S/c1-13(18(23)21-12-11-14-3-7-16(20)8-4-14)22(26(2,24)25)17-9-5-15(19)6-10-17/h3-10,13H,11-12H2,1-2H3,(H,21,23)/t13-/m1/s1. The van der Waals surface area contributed by atoms with E-state index in [0.29, 0.717) is 23.7 Å². The summed E-state index contributed by atoms with van der Waals surface area (Å²) in [6.45, 7) is 1.83. The molecule has 0 aliphatic carbocycles. The van der Waals surface area contributed by atoms with Crippen molar-refractivity contribution >= 4 is 33.2 Å². The first-order valence-corrected chi connectivity index (χ1v) is 10.2. The zero-order chi connectivity index (χ0) is 19.3. The fourth-order valence-corrected chi connectivity index (χ4v) is 3.83. The highest BCUT2D eigenvalue weighted by molar-refractivity contribution is 7.92.